The number of hydrogen-bond donors (Lipinski definition) is 1. The molecule has 0 amide bonds. The molecule has 0 spiro atoms. The number of methoxy groups -OCH3 is 1. The topological polar surface area (TPSA) is 64.3 Å². The Morgan fingerprint density at radius 3 is 2.73 bits per heavy atom. The number of allylic oxidation sites excluding steroid dienone is 1. The van der Waals surface area contributed by atoms with Crippen molar-refractivity contribution >= 4 is 43.4 Å². The van der Waals surface area contributed by atoms with Crippen molar-refractivity contribution in [3.63, 3.8) is 0 Å². The van der Waals surface area contributed by atoms with Crippen molar-refractivity contribution in [2.45, 2.75) is 30.2 Å². The number of ether oxygens (including phenoxy) is 1. The van der Waals surface area contributed by atoms with Gasteiger partial charge in [-0.2, -0.15) is 0 Å². The molecule has 186 valence electrons. The molecule has 7 heteroatoms. The molecule has 0 bridgehead atoms. The fraction of sp³-hybridized carbons (Fsp3) is 0.200. The fourth-order valence-electron chi connectivity index (χ4n) is 4.65. The summed E-state index contributed by atoms with van der Waals surface area (Å²) in [5, 5.41) is 11.8. The Morgan fingerprint density at radius 2 is 1.95 bits per heavy atom. The van der Waals surface area contributed by atoms with Gasteiger partial charge in [0, 0.05) is 28.1 Å². The Morgan fingerprint density at radius 1 is 1.11 bits per heavy atom. The van der Waals surface area contributed by atoms with Crippen LogP contribution in [0.25, 0.3) is 31.7 Å². The van der Waals surface area contributed by atoms with Gasteiger partial charge >= 0.3 is 0 Å². The highest BCUT2D eigenvalue weighted by Gasteiger charge is 2.29. The second-order valence-electron chi connectivity index (χ2n) is 9.11. The van der Waals surface area contributed by atoms with Crippen LogP contribution in [0.15, 0.2) is 88.6 Å². The monoisotopic (exact) mass is 526 g/mol. The normalized spacial score (nSPS) is 13.6. The number of benzene rings is 3. The molecule has 37 heavy (non-hydrogen) atoms. The number of thiophene rings is 1. The molecular formula is C30H26N2O3S2. The molecule has 2 heterocycles. The van der Waals surface area contributed by atoms with Crippen molar-refractivity contribution in [1.82, 2.24) is 9.55 Å². The Bertz CT molecular complexity index is 1680. The smallest absolute Gasteiger partial charge is 0.263 e. The molecule has 1 N–H and O–H groups in total. The average Bonchev–Trinajstić information content (AvgIpc) is 3.70. The van der Waals surface area contributed by atoms with E-state index in [0.717, 1.165) is 35.3 Å². The highest BCUT2D eigenvalue weighted by Crippen LogP contribution is 2.46. The second kappa shape index (κ2) is 10.1. The molecule has 1 saturated carbocycles. The van der Waals surface area contributed by atoms with Crippen LogP contribution in [0.4, 0.5) is 0 Å². The van der Waals surface area contributed by atoms with E-state index in [0.29, 0.717) is 33.2 Å². The molecule has 0 unspecified atom stereocenters. The molecule has 1 aliphatic carbocycles. The second-order valence-corrected chi connectivity index (χ2v) is 11.2. The quantitative estimate of drug-likeness (QED) is 0.171. The van der Waals surface area contributed by atoms with Crippen molar-refractivity contribution < 1.29 is 9.84 Å². The molecular weight excluding hydrogens is 500 g/mol. The predicted molar refractivity (Wildman–Crippen MR) is 153 cm³/mol. The summed E-state index contributed by atoms with van der Waals surface area (Å²) in [6, 6.07) is 21.6. The summed E-state index contributed by atoms with van der Waals surface area (Å²) in [5.74, 6) is 2.91. The molecule has 0 saturated heterocycles. The zero-order valence-corrected chi connectivity index (χ0v) is 22.0. The number of thioether (sulfide) groups is 1. The Hall–Kier alpha value is -3.55. The van der Waals surface area contributed by atoms with E-state index >= 15 is 0 Å². The van der Waals surface area contributed by atoms with Gasteiger partial charge in [0.25, 0.3) is 5.56 Å². The van der Waals surface area contributed by atoms with Gasteiger partial charge in [-0.05, 0) is 60.7 Å². The number of aromatic nitrogens is 2. The van der Waals surface area contributed by atoms with E-state index in [4.69, 9.17) is 9.72 Å². The van der Waals surface area contributed by atoms with Gasteiger partial charge in [-0.1, -0.05) is 42.5 Å². The first-order valence-electron chi connectivity index (χ1n) is 12.3. The number of phenolic OH excluding ortho intramolecular Hbond substituents is 1. The molecule has 0 atom stereocenters. The fourth-order valence-corrected chi connectivity index (χ4v) is 6.50. The molecule has 1 fully saturated rings. The average molecular weight is 527 g/mol. The third kappa shape index (κ3) is 4.65. The SMILES string of the molecule is COc1ccc(-c2nc3sc4c(O)cccc4c3c(=O)n2C/C=C/CSc2ccccc2)c(C2CC2)c1. The number of nitrogens with zero attached hydrogens (tertiary/aromatic N) is 2. The minimum absolute atomic E-state index is 0.0882. The lowest BCUT2D eigenvalue weighted by Crippen LogP contribution is -2.23. The molecule has 0 aliphatic heterocycles. The van der Waals surface area contributed by atoms with E-state index < -0.39 is 0 Å². The number of phenols is 1. The largest absolute Gasteiger partial charge is 0.506 e. The van der Waals surface area contributed by atoms with Gasteiger partial charge in [-0.25, -0.2) is 4.98 Å². The van der Waals surface area contributed by atoms with Crippen molar-refractivity contribution in [3.05, 3.63) is 94.8 Å². The van der Waals surface area contributed by atoms with E-state index in [1.807, 2.05) is 42.5 Å². The summed E-state index contributed by atoms with van der Waals surface area (Å²) in [6.45, 7) is 0.415. The van der Waals surface area contributed by atoms with Crippen LogP contribution in [-0.4, -0.2) is 27.5 Å². The lowest BCUT2D eigenvalue weighted by Gasteiger charge is -2.15. The lowest BCUT2D eigenvalue weighted by molar-refractivity contribution is 0.414. The van der Waals surface area contributed by atoms with Crippen molar-refractivity contribution in [3.8, 4) is 22.9 Å². The van der Waals surface area contributed by atoms with Crippen LogP contribution in [-0.2, 0) is 6.54 Å². The highest BCUT2D eigenvalue weighted by atomic mass is 32.2. The van der Waals surface area contributed by atoms with E-state index in [1.54, 1.807) is 35.6 Å². The third-order valence-corrected chi connectivity index (χ3v) is 8.75. The summed E-state index contributed by atoms with van der Waals surface area (Å²) in [5.41, 5.74) is 2.05. The lowest BCUT2D eigenvalue weighted by atomic mass is 10.0. The zero-order valence-electron chi connectivity index (χ0n) is 20.4. The van der Waals surface area contributed by atoms with Gasteiger partial charge in [-0.15, -0.1) is 23.1 Å². The van der Waals surface area contributed by atoms with Crippen molar-refractivity contribution in [1.29, 1.82) is 0 Å². The number of aromatic hydroxyl groups is 1. The van der Waals surface area contributed by atoms with Crippen LogP contribution in [0.5, 0.6) is 11.5 Å². The first-order chi connectivity index (χ1) is 18.1. The Labute approximate surface area is 223 Å². The molecule has 2 aromatic heterocycles. The Balaban J connectivity index is 1.46. The van der Waals surface area contributed by atoms with Crippen LogP contribution in [0.1, 0.15) is 24.3 Å². The summed E-state index contributed by atoms with van der Waals surface area (Å²) in [7, 11) is 1.67. The molecule has 0 radical (unpaired) electrons. The number of rotatable bonds is 8. The number of hydrogen-bond acceptors (Lipinski definition) is 6. The van der Waals surface area contributed by atoms with Gasteiger partial charge in [0.15, 0.2) is 0 Å². The van der Waals surface area contributed by atoms with Gasteiger partial charge in [0.05, 0.1) is 17.2 Å². The molecule has 1 aliphatic rings. The van der Waals surface area contributed by atoms with E-state index in [9.17, 15) is 9.90 Å². The van der Waals surface area contributed by atoms with Crippen LogP contribution < -0.4 is 10.3 Å². The van der Waals surface area contributed by atoms with Crippen LogP contribution in [0.2, 0.25) is 0 Å². The standard InChI is InChI=1S/C30H26N2O3S2/c1-35-20-14-15-22(24(18-20)19-12-13-19)28-31-29-26(23-10-7-11-25(33)27(23)37-29)30(34)32(28)16-5-6-17-36-21-8-3-2-4-9-21/h2-11,14-15,18-19,33H,12-13,16-17H2,1H3/b6-5+. The van der Waals surface area contributed by atoms with Crippen molar-refractivity contribution in [2.24, 2.45) is 0 Å². The molecule has 3 aromatic carbocycles. The maximum Gasteiger partial charge on any atom is 0.263 e. The first kappa shape index (κ1) is 23.8. The van der Waals surface area contributed by atoms with Crippen molar-refractivity contribution in [2.75, 3.05) is 12.9 Å². The molecule has 6 rings (SSSR count). The van der Waals surface area contributed by atoms with Gasteiger partial charge < -0.3 is 9.84 Å². The van der Waals surface area contributed by atoms with Gasteiger partial charge in [0.1, 0.15) is 22.2 Å². The minimum Gasteiger partial charge on any atom is -0.506 e. The number of fused-ring (bicyclic) bond motifs is 3. The molecule has 5 nitrogen and oxygen atoms in total. The van der Waals surface area contributed by atoms with Gasteiger partial charge in [0.2, 0.25) is 0 Å². The van der Waals surface area contributed by atoms with Crippen LogP contribution >= 0.6 is 23.1 Å². The third-order valence-electron chi connectivity index (χ3n) is 6.66. The van der Waals surface area contributed by atoms with Crippen LogP contribution in [0, 0.1) is 0 Å². The van der Waals surface area contributed by atoms with Crippen LogP contribution in [0.3, 0.4) is 0 Å². The van der Waals surface area contributed by atoms with Gasteiger partial charge in [-0.3, -0.25) is 9.36 Å². The summed E-state index contributed by atoms with van der Waals surface area (Å²) in [4.78, 5) is 20.9. The van der Waals surface area contributed by atoms with E-state index in [2.05, 4.69) is 24.3 Å². The highest BCUT2D eigenvalue weighted by molar-refractivity contribution is 7.99. The molecule has 5 aromatic rings. The maximum atomic E-state index is 14.0. The summed E-state index contributed by atoms with van der Waals surface area (Å²) < 4.78 is 7.97. The Kier molecular flexibility index (Phi) is 6.49. The maximum absolute atomic E-state index is 14.0. The summed E-state index contributed by atoms with van der Waals surface area (Å²) >= 11 is 3.12. The minimum atomic E-state index is -0.0882. The van der Waals surface area contributed by atoms with E-state index in [1.165, 1.54) is 21.8 Å². The van der Waals surface area contributed by atoms with E-state index in [-0.39, 0.29) is 11.3 Å². The zero-order chi connectivity index (χ0) is 25.4. The first-order valence-corrected chi connectivity index (χ1v) is 14.1. The summed E-state index contributed by atoms with van der Waals surface area (Å²) in [6.07, 6.45) is 6.40. The predicted octanol–water partition coefficient (Wildman–Crippen LogP) is 7.22.